The third kappa shape index (κ3) is 2.37. The molecule has 0 amide bonds. The van der Waals surface area contributed by atoms with E-state index >= 15 is 0 Å². The van der Waals surface area contributed by atoms with Crippen LogP contribution in [0.1, 0.15) is 36.2 Å². The smallest absolute Gasteiger partial charge is 0.341 e. The Hall–Kier alpha value is -2.36. The normalized spacial score (nSPS) is 18.8. The highest BCUT2D eigenvalue weighted by molar-refractivity contribution is 5.87. The molecule has 1 atom stereocenters. The molecule has 0 saturated carbocycles. The number of carboxylic acid groups (broad SMARTS) is 1. The fraction of sp³-hybridized carbons (Fsp3) is 0.250. The van der Waals surface area contributed by atoms with Crippen LogP contribution >= 0.6 is 0 Å². The van der Waals surface area contributed by atoms with Gasteiger partial charge in [0.25, 0.3) is 5.56 Å². The van der Waals surface area contributed by atoms with Crippen LogP contribution in [-0.2, 0) is 0 Å². The van der Waals surface area contributed by atoms with Gasteiger partial charge < -0.3 is 9.67 Å². The molecule has 0 bridgehead atoms. The molecule has 0 saturated heterocycles. The molecule has 1 aromatic rings. The highest BCUT2D eigenvalue weighted by Crippen LogP contribution is 2.36. The maximum atomic E-state index is 12.3. The summed E-state index contributed by atoms with van der Waals surface area (Å²) in [6, 6.07) is 2.82. The SMILES string of the molecule is C=CC1=C(/C=C\C)C(n2cccc(C(=O)O)c2=O)CC1. The first-order valence-electron chi connectivity index (χ1n) is 6.52. The summed E-state index contributed by atoms with van der Waals surface area (Å²) in [7, 11) is 0. The van der Waals surface area contributed by atoms with Crippen LogP contribution in [0.15, 0.2) is 59.1 Å². The number of aromatic carboxylic acids is 1. The Morgan fingerprint density at radius 2 is 2.30 bits per heavy atom. The van der Waals surface area contributed by atoms with Crippen LogP contribution in [0.25, 0.3) is 0 Å². The molecule has 20 heavy (non-hydrogen) atoms. The van der Waals surface area contributed by atoms with Gasteiger partial charge in [0.15, 0.2) is 0 Å². The van der Waals surface area contributed by atoms with E-state index in [-0.39, 0.29) is 11.6 Å². The van der Waals surface area contributed by atoms with Gasteiger partial charge in [-0.05, 0) is 43.0 Å². The zero-order valence-corrected chi connectivity index (χ0v) is 11.4. The summed E-state index contributed by atoms with van der Waals surface area (Å²) >= 11 is 0. The quantitative estimate of drug-likeness (QED) is 0.916. The van der Waals surface area contributed by atoms with Crippen molar-refractivity contribution in [1.82, 2.24) is 4.57 Å². The minimum Gasteiger partial charge on any atom is -0.477 e. The van der Waals surface area contributed by atoms with E-state index in [4.69, 9.17) is 5.11 Å². The number of carbonyl (C=O) groups is 1. The van der Waals surface area contributed by atoms with E-state index in [2.05, 4.69) is 6.58 Å². The van der Waals surface area contributed by atoms with E-state index in [1.807, 2.05) is 19.1 Å². The van der Waals surface area contributed by atoms with Crippen LogP contribution in [0, 0.1) is 0 Å². The number of rotatable bonds is 4. The third-order valence-electron chi connectivity index (χ3n) is 3.55. The summed E-state index contributed by atoms with van der Waals surface area (Å²) in [6.45, 7) is 5.71. The fourth-order valence-corrected chi connectivity index (χ4v) is 2.63. The number of hydrogen-bond acceptors (Lipinski definition) is 2. The Kier molecular flexibility index (Phi) is 4.03. The Labute approximate surface area is 117 Å². The van der Waals surface area contributed by atoms with Crippen molar-refractivity contribution >= 4 is 5.97 Å². The van der Waals surface area contributed by atoms with Crippen molar-refractivity contribution in [3.8, 4) is 0 Å². The minimum absolute atomic E-state index is 0.119. The van der Waals surface area contributed by atoms with Gasteiger partial charge in [-0.1, -0.05) is 24.8 Å². The average Bonchev–Trinajstić information content (AvgIpc) is 2.82. The molecule has 0 fully saturated rings. The molecule has 0 aromatic carbocycles. The second kappa shape index (κ2) is 5.74. The zero-order chi connectivity index (χ0) is 14.7. The summed E-state index contributed by atoms with van der Waals surface area (Å²) in [4.78, 5) is 23.3. The summed E-state index contributed by atoms with van der Waals surface area (Å²) < 4.78 is 1.51. The molecule has 0 aliphatic heterocycles. The van der Waals surface area contributed by atoms with Crippen LogP contribution in [0.5, 0.6) is 0 Å². The van der Waals surface area contributed by atoms with E-state index in [9.17, 15) is 9.59 Å². The molecule has 1 N–H and O–H groups in total. The minimum atomic E-state index is -1.19. The molecule has 4 heteroatoms. The fourth-order valence-electron chi connectivity index (χ4n) is 2.63. The molecule has 1 heterocycles. The molecule has 0 spiro atoms. The molecule has 1 aliphatic rings. The van der Waals surface area contributed by atoms with Gasteiger partial charge in [-0.3, -0.25) is 4.79 Å². The van der Waals surface area contributed by atoms with Gasteiger partial charge in [0.1, 0.15) is 5.56 Å². The van der Waals surface area contributed by atoms with Crippen molar-refractivity contribution in [3.05, 3.63) is 70.2 Å². The number of aromatic nitrogens is 1. The Morgan fingerprint density at radius 3 is 2.90 bits per heavy atom. The second-order valence-corrected chi connectivity index (χ2v) is 4.68. The van der Waals surface area contributed by atoms with E-state index in [1.165, 1.54) is 10.6 Å². The van der Waals surface area contributed by atoms with Crippen molar-refractivity contribution in [3.63, 3.8) is 0 Å². The lowest BCUT2D eigenvalue weighted by molar-refractivity contribution is 0.0694. The van der Waals surface area contributed by atoms with E-state index < -0.39 is 11.5 Å². The zero-order valence-electron chi connectivity index (χ0n) is 11.4. The third-order valence-corrected chi connectivity index (χ3v) is 3.55. The van der Waals surface area contributed by atoms with Crippen molar-refractivity contribution in [1.29, 1.82) is 0 Å². The van der Waals surface area contributed by atoms with Crippen LogP contribution in [0.4, 0.5) is 0 Å². The number of allylic oxidation sites excluding steroid dienone is 5. The second-order valence-electron chi connectivity index (χ2n) is 4.68. The molecule has 1 aromatic heterocycles. The summed E-state index contributed by atoms with van der Waals surface area (Å²) in [5.74, 6) is -1.19. The van der Waals surface area contributed by atoms with Crippen LogP contribution in [0.2, 0.25) is 0 Å². The molecule has 2 rings (SSSR count). The van der Waals surface area contributed by atoms with Crippen LogP contribution in [-0.4, -0.2) is 15.6 Å². The van der Waals surface area contributed by atoms with Crippen LogP contribution < -0.4 is 5.56 Å². The first kappa shape index (κ1) is 14.1. The van der Waals surface area contributed by atoms with Crippen molar-refractivity contribution in [2.45, 2.75) is 25.8 Å². The van der Waals surface area contributed by atoms with Gasteiger partial charge in [0.05, 0.1) is 6.04 Å². The number of hydrogen-bond donors (Lipinski definition) is 1. The highest BCUT2D eigenvalue weighted by atomic mass is 16.4. The Morgan fingerprint density at radius 1 is 1.55 bits per heavy atom. The van der Waals surface area contributed by atoms with Crippen LogP contribution in [0.3, 0.4) is 0 Å². The Balaban J connectivity index is 2.55. The van der Waals surface area contributed by atoms with E-state index in [1.54, 1.807) is 18.3 Å². The van der Waals surface area contributed by atoms with Gasteiger partial charge >= 0.3 is 5.97 Å². The van der Waals surface area contributed by atoms with Gasteiger partial charge in [-0.25, -0.2) is 4.79 Å². The number of nitrogens with zero attached hydrogens (tertiary/aromatic N) is 1. The van der Waals surface area contributed by atoms with Gasteiger partial charge in [-0.2, -0.15) is 0 Å². The van der Waals surface area contributed by atoms with E-state index in [0.717, 1.165) is 24.0 Å². The first-order valence-corrected chi connectivity index (χ1v) is 6.52. The predicted molar refractivity (Wildman–Crippen MR) is 78.0 cm³/mol. The molecule has 1 unspecified atom stereocenters. The lowest BCUT2D eigenvalue weighted by Gasteiger charge is -2.16. The number of pyridine rings is 1. The maximum absolute atomic E-state index is 12.3. The van der Waals surface area contributed by atoms with Crippen molar-refractivity contribution < 1.29 is 9.90 Å². The van der Waals surface area contributed by atoms with Crippen molar-refractivity contribution in [2.75, 3.05) is 0 Å². The molecule has 104 valence electrons. The maximum Gasteiger partial charge on any atom is 0.341 e. The van der Waals surface area contributed by atoms with E-state index in [0.29, 0.717) is 0 Å². The number of carboxylic acids is 1. The lowest BCUT2D eigenvalue weighted by Crippen LogP contribution is -2.28. The molecular formula is C16H17NO3. The lowest BCUT2D eigenvalue weighted by atomic mass is 10.1. The average molecular weight is 271 g/mol. The monoisotopic (exact) mass is 271 g/mol. The Bertz CT molecular complexity index is 665. The summed E-state index contributed by atoms with van der Waals surface area (Å²) in [6.07, 6.45) is 8.97. The molecule has 1 aliphatic carbocycles. The largest absolute Gasteiger partial charge is 0.477 e. The summed E-state index contributed by atoms with van der Waals surface area (Å²) in [5.41, 5.74) is 1.49. The molecular weight excluding hydrogens is 254 g/mol. The standard InChI is InChI=1S/C16H17NO3/c1-3-6-12-11(4-2)8-9-14(12)17-10-5-7-13(15(17)18)16(19)20/h3-7,10,14H,2,8-9H2,1H3,(H,19,20)/b6-3-. The van der Waals surface area contributed by atoms with Gasteiger partial charge in [0.2, 0.25) is 0 Å². The topological polar surface area (TPSA) is 59.3 Å². The van der Waals surface area contributed by atoms with Gasteiger partial charge in [-0.15, -0.1) is 0 Å². The van der Waals surface area contributed by atoms with Crippen molar-refractivity contribution in [2.24, 2.45) is 0 Å². The summed E-state index contributed by atoms with van der Waals surface area (Å²) in [5, 5.41) is 9.04. The predicted octanol–water partition coefficient (Wildman–Crippen LogP) is 2.94. The molecule has 0 radical (unpaired) electrons. The first-order chi connectivity index (χ1) is 9.60. The highest BCUT2D eigenvalue weighted by Gasteiger charge is 2.25. The van der Waals surface area contributed by atoms with Gasteiger partial charge in [0, 0.05) is 6.20 Å². The molecule has 4 nitrogen and oxygen atoms in total.